The van der Waals surface area contributed by atoms with E-state index in [2.05, 4.69) is 11.9 Å². The molecular formula is C19H19FN2OS2. The van der Waals surface area contributed by atoms with Crippen LogP contribution < -0.4 is 5.56 Å². The molecule has 1 atom stereocenters. The molecule has 130 valence electrons. The highest BCUT2D eigenvalue weighted by molar-refractivity contribution is 7.97. The van der Waals surface area contributed by atoms with Gasteiger partial charge in [0.1, 0.15) is 16.5 Å². The Labute approximate surface area is 153 Å². The van der Waals surface area contributed by atoms with E-state index in [1.54, 1.807) is 35.2 Å². The summed E-state index contributed by atoms with van der Waals surface area (Å²) < 4.78 is 12.9. The van der Waals surface area contributed by atoms with Gasteiger partial charge in [0.15, 0.2) is 0 Å². The number of nitrogens with zero attached hydrogens (tertiary/aromatic N) is 1. The minimum absolute atomic E-state index is 0.00515. The zero-order valence-electron chi connectivity index (χ0n) is 14.0. The van der Waals surface area contributed by atoms with Gasteiger partial charge in [-0.2, -0.15) is 0 Å². The summed E-state index contributed by atoms with van der Waals surface area (Å²) in [6.45, 7) is 2.27. The minimum Gasteiger partial charge on any atom is -0.309 e. The Morgan fingerprint density at radius 3 is 2.92 bits per heavy atom. The molecule has 2 aromatic heterocycles. The van der Waals surface area contributed by atoms with Crippen molar-refractivity contribution in [2.75, 3.05) is 0 Å². The number of rotatable bonds is 4. The van der Waals surface area contributed by atoms with Crippen molar-refractivity contribution < 1.29 is 4.39 Å². The highest BCUT2D eigenvalue weighted by atomic mass is 32.2. The lowest BCUT2D eigenvalue weighted by molar-refractivity contribution is 0.509. The number of hydrogen-bond acceptors (Lipinski definition) is 4. The van der Waals surface area contributed by atoms with Gasteiger partial charge < -0.3 is 4.98 Å². The average Bonchev–Trinajstić information content (AvgIpc) is 2.94. The predicted octanol–water partition coefficient (Wildman–Crippen LogP) is 4.68. The first-order chi connectivity index (χ1) is 12.1. The molecule has 6 heteroatoms. The van der Waals surface area contributed by atoms with Gasteiger partial charge in [0.2, 0.25) is 0 Å². The van der Waals surface area contributed by atoms with Crippen molar-refractivity contribution in [2.45, 2.75) is 37.7 Å². The molecule has 0 radical (unpaired) electrons. The van der Waals surface area contributed by atoms with Crippen molar-refractivity contribution in [3.8, 4) is 0 Å². The second-order valence-corrected chi connectivity index (χ2v) is 8.73. The molecule has 25 heavy (non-hydrogen) atoms. The monoisotopic (exact) mass is 374 g/mol. The standard InChI is InChI=1S/C19H19FN2OS2/c1-11-2-7-14-15(8-11)25-19-17(14)18(23)21-16(22-19)10-24-9-12-3-5-13(20)6-4-12/h3-6,11H,2,7-10H2,1H3,(H,21,22,23)/t11-/m0/s1. The van der Waals surface area contributed by atoms with Crippen LogP contribution in [-0.2, 0) is 24.3 Å². The Morgan fingerprint density at radius 2 is 2.12 bits per heavy atom. The number of thioether (sulfide) groups is 1. The number of aryl methyl sites for hydroxylation is 1. The summed E-state index contributed by atoms with van der Waals surface area (Å²) in [5.74, 6) is 2.59. The fourth-order valence-corrected chi connectivity index (χ4v) is 5.57. The Hall–Kier alpha value is -1.66. The Kier molecular flexibility index (Phi) is 4.65. The van der Waals surface area contributed by atoms with Crippen molar-refractivity contribution in [1.29, 1.82) is 0 Å². The molecule has 1 N–H and O–H groups in total. The highest BCUT2D eigenvalue weighted by Gasteiger charge is 2.22. The largest absolute Gasteiger partial charge is 0.309 e. The zero-order valence-corrected chi connectivity index (χ0v) is 15.6. The minimum atomic E-state index is -0.221. The third kappa shape index (κ3) is 3.51. The fraction of sp³-hybridized carbons (Fsp3) is 0.368. The fourth-order valence-electron chi connectivity index (χ4n) is 3.31. The van der Waals surface area contributed by atoms with Crippen LogP contribution in [-0.4, -0.2) is 9.97 Å². The van der Waals surface area contributed by atoms with Crippen LogP contribution in [0.5, 0.6) is 0 Å². The molecule has 3 nitrogen and oxygen atoms in total. The number of aromatic nitrogens is 2. The van der Waals surface area contributed by atoms with E-state index < -0.39 is 0 Å². The summed E-state index contributed by atoms with van der Waals surface area (Å²) in [6.07, 6.45) is 3.19. The van der Waals surface area contributed by atoms with Crippen LogP contribution in [0, 0.1) is 11.7 Å². The van der Waals surface area contributed by atoms with Crippen molar-refractivity contribution in [2.24, 2.45) is 5.92 Å². The number of nitrogens with one attached hydrogen (secondary N) is 1. The number of fused-ring (bicyclic) bond motifs is 3. The first-order valence-corrected chi connectivity index (χ1v) is 10.4. The molecule has 0 aliphatic heterocycles. The summed E-state index contributed by atoms with van der Waals surface area (Å²) in [7, 11) is 0. The third-order valence-corrected chi connectivity index (χ3v) is 6.80. The Morgan fingerprint density at radius 1 is 1.32 bits per heavy atom. The van der Waals surface area contributed by atoms with Gasteiger partial charge in [0.05, 0.1) is 11.1 Å². The molecule has 1 aromatic carbocycles. The molecule has 0 bridgehead atoms. The maximum atomic E-state index is 12.9. The van der Waals surface area contributed by atoms with E-state index in [1.165, 1.54) is 22.6 Å². The van der Waals surface area contributed by atoms with E-state index in [1.807, 2.05) is 0 Å². The molecule has 3 aromatic rings. The number of H-pyrrole nitrogens is 1. The van der Waals surface area contributed by atoms with Crippen LogP contribution in [0.2, 0.25) is 0 Å². The van der Waals surface area contributed by atoms with Gasteiger partial charge in [0.25, 0.3) is 5.56 Å². The van der Waals surface area contributed by atoms with Crippen molar-refractivity contribution in [3.63, 3.8) is 0 Å². The maximum absolute atomic E-state index is 12.9. The van der Waals surface area contributed by atoms with Crippen molar-refractivity contribution in [1.82, 2.24) is 9.97 Å². The second kappa shape index (κ2) is 6.92. The van der Waals surface area contributed by atoms with Crippen LogP contribution >= 0.6 is 23.1 Å². The first-order valence-electron chi connectivity index (χ1n) is 8.46. The molecule has 0 unspecified atom stereocenters. The third-order valence-electron chi connectivity index (χ3n) is 4.64. The van der Waals surface area contributed by atoms with E-state index in [4.69, 9.17) is 4.98 Å². The van der Waals surface area contributed by atoms with E-state index >= 15 is 0 Å². The molecule has 2 heterocycles. The maximum Gasteiger partial charge on any atom is 0.259 e. The normalized spacial score (nSPS) is 17.0. The smallest absolute Gasteiger partial charge is 0.259 e. The molecule has 0 fully saturated rings. The summed E-state index contributed by atoms with van der Waals surface area (Å²) in [5.41, 5.74) is 2.28. The predicted molar refractivity (Wildman–Crippen MR) is 103 cm³/mol. The highest BCUT2D eigenvalue weighted by Crippen LogP contribution is 2.35. The average molecular weight is 375 g/mol. The lowest BCUT2D eigenvalue weighted by Gasteiger charge is -2.17. The van der Waals surface area contributed by atoms with Gasteiger partial charge in [-0.15, -0.1) is 23.1 Å². The van der Waals surface area contributed by atoms with Gasteiger partial charge in [-0.1, -0.05) is 19.1 Å². The number of aromatic amines is 1. The number of halogens is 1. The molecule has 1 aliphatic rings. The molecule has 0 saturated heterocycles. The van der Waals surface area contributed by atoms with E-state index in [9.17, 15) is 9.18 Å². The Balaban J connectivity index is 1.53. The van der Waals surface area contributed by atoms with Crippen LogP contribution in [0.15, 0.2) is 29.1 Å². The van der Waals surface area contributed by atoms with Gasteiger partial charge >= 0.3 is 0 Å². The SMILES string of the molecule is C[C@H]1CCc2c(sc3nc(CSCc4ccc(F)cc4)[nH]c(=O)c23)C1. The molecule has 0 spiro atoms. The van der Waals surface area contributed by atoms with Crippen molar-refractivity contribution in [3.05, 3.63) is 62.3 Å². The number of hydrogen-bond donors (Lipinski definition) is 1. The molecule has 0 saturated carbocycles. The van der Waals surface area contributed by atoms with Gasteiger partial charge in [0, 0.05) is 10.6 Å². The molecule has 4 rings (SSSR count). The molecule has 1 aliphatic carbocycles. The van der Waals surface area contributed by atoms with Crippen LogP contribution in [0.3, 0.4) is 0 Å². The summed E-state index contributed by atoms with van der Waals surface area (Å²) in [6, 6.07) is 6.52. The van der Waals surface area contributed by atoms with Crippen LogP contribution in [0.4, 0.5) is 4.39 Å². The van der Waals surface area contributed by atoms with Gasteiger partial charge in [-0.05, 0) is 48.4 Å². The van der Waals surface area contributed by atoms with Crippen LogP contribution in [0.25, 0.3) is 10.2 Å². The molecular weight excluding hydrogens is 355 g/mol. The van der Waals surface area contributed by atoms with Crippen molar-refractivity contribution >= 4 is 33.3 Å². The second-order valence-electron chi connectivity index (χ2n) is 6.66. The number of benzene rings is 1. The van der Waals surface area contributed by atoms with Gasteiger partial charge in [-0.25, -0.2) is 9.37 Å². The lowest BCUT2D eigenvalue weighted by Crippen LogP contribution is -2.14. The number of thiophene rings is 1. The van der Waals surface area contributed by atoms with E-state index in [0.717, 1.165) is 46.6 Å². The topological polar surface area (TPSA) is 45.8 Å². The summed E-state index contributed by atoms with van der Waals surface area (Å²) >= 11 is 3.35. The van der Waals surface area contributed by atoms with E-state index in [0.29, 0.717) is 11.7 Å². The van der Waals surface area contributed by atoms with Crippen LogP contribution in [0.1, 0.15) is 35.2 Å². The quantitative estimate of drug-likeness (QED) is 0.721. The van der Waals surface area contributed by atoms with Gasteiger partial charge in [-0.3, -0.25) is 4.79 Å². The van der Waals surface area contributed by atoms with E-state index in [-0.39, 0.29) is 11.4 Å². The zero-order chi connectivity index (χ0) is 17.4. The first kappa shape index (κ1) is 16.8. The Bertz CT molecular complexity index is 962. The lowest BCUT2D eigenvalue weighted by atomic mass is 9.89. The molecule has 0 amide bonds. The summed E-state index contributed by atoms with van der Waals surface area (Å²) in [4.78, 5) is 22.4. The summed E-state index contributed by atoms with van der Waals surface area (Å²) in [5, 5.41) is 0.805.